The Balaban J connectivity index is 1.48. The lowest BCUT2D eigenvalue weighted by molar-refractivity contribution is 0.320. The first-order chi connectivity index (χ1) is 12.3. The number of hydrogen-bond acceptors (Lipinski definition) is 4. The Bertz CT molecular complexity index is 843. The fourth-order valence-corrected chi connectivity index (χ4v) is 2.55. The molecule has 3 rings (SSSR count). The van der Waals surface area contributed by atoms with Crippen LogP contribution in [0.15, 0.2) is 58.2 Å². The van der Waals surface area contributed by atoms with Crippen molar-refractivity contribution in [3.8, 4) is 5.75 Å². The molecule has 0 atom stereocenters. The molecule has 0 aliphatic carbocycles. The number of aryl methyl sites for hydroxylation is 1. The molecule has 0 fully saturated rings. The highest BCUT2D eigenvalue weighted by molar-refractivity contribution is 5.82. The number of fused-ring (bicyclic) bond motifs is 1. The van der Waals surface area contributed by atoms with E-state index in [-0.39, 0.29) is 0 Å². The average molecular weight is 338 g/mol. The second kappa shape index (κ2) is 8.19. The molecule has 130 valence electrons. The van der Waals surface area contributed by atoms with E-state index in [1.54, 1.807) is 19.4 Å². The van der Waals surface area contributed by atoms with Crippen LogP contribution in [-0.2, 0) is 6.54 Å². The monoisotopic (exact) mass is 338 g/mol. The summed E-state index contributed by atoms with van der Waals surface area (Å²) in [5.74, 6) is 2.37. The fraction of sp³-hybridized carbons (Fsp3) is 0.263. The van der Waals surface area contributed by atoms with E-state index < -0.39 is 0 Å². The van der Waals surface area contributed by atoms with Crippen LogP contribution in [0, 0.1) is 6.92 Å². The number of aliphatic imine (C=N–C) groups is 1. The van der Waals surface area contributed by atoms with Crippen LogP contribution in [0.2, 0.25) is 0 Å². The first kappa shape index (κ1) is 16.8. The molecule has 3 aromatic rings. The summed E-state index contributed by atoms with van der Waals surface area (Å²) in [5, 5.41) is 7.62. The van der Waals surface area contributed by atoms with Gasteiger partial charge in [0.15, 0.2) is 5.96 Å². The molecule has 0 aliphatic rings. The van der Waals surface area contributed by atoms with Crippen molar-refractivity contribution in [3.05, 3.63) is 60.1 Å². The minimum Gasteiger partial charge on any atom is -0.490 e. The minimum atomic E-state index is 0.524. The number of hydrogen-bond donors (Lipinski definition) is 2. The molecule has 1 aromatic carbocycles. The van der Waals surface area contributed by atoms with Crippen LogP contribution in [0.3, 0.4) is 0 Å². The van der Waals surface area contributed by atoms with Crippen LogP contribution >= 0.6 is 0 Å². The van der Waals surface area contributed by atoms with Crippen molar-refractivity contribution in [1.82, 2.24) is 15.6 Å². The van der Waals surface area contributed by atoms with E-state index in [4.69, 9.17) is 9.15 Å². The van der Waals surface area contributed by atoms with E-state index in [1.807, 2.05) is 30.3 Å². The normalized spacial score (nSPS) is 11.5. The molecule has 0 saturated heterocycles. The molecule has 6 heteroatoms. The van der Waals surface area contributed by atoms with E-state index in [0.717, 1.165) is 28.0 Å². The molecular formula is C19H22N4O2. The summed E-state index contributed by atoms with van der Waals surface area (Å²) < 4.78 is 11.5. The standard InChI is InChI=1S/C19H22N4O2/c1-14-16-7-3-4-8-17(16)25-18(14)13-23-19(20-2)22-10-11-24-15-6-5-9-21-12-15/h3-9,12H,10-11,13H2,1-2H3,(H2,20,22,23). The van der Waals surface area contributed by atoms with E-state index in [0.29, 0.717) is 25.7 Å². The Morgan fingerprint density at radius 2 is 2.08 bits per heavy atom. The van der Waals surface area contributed by atoms with Crippen LogP contribution in [0.25, 0.3) is 11.0 Å². The number of ether oxygens (including phenoxy) is 1. The molecule has 25 heavy (non-hydrogen) atoms. The predicted molar refractivity (Wildman–Crippen MR) is 98.9 cm³/mol. The Morgan fingerprint density at radius 1 is 1.20 bits per heavy atom. The fourth-order valence-electron chi connectivity index (χ4n) is 2.55. The zero-order valence-electron chi connectivity index (χ0n) is 14.5. The Labute approximate surface area is 146 Å². The van der Waals surface area contributed by atoms with Gasteiger partial charge in [-0.15, -0.1) is 0 Å². The van der Waals surface area contributed by atoms with Crippen molar-refractivity contribution < 1.29 is 9.15 Å². The van der Waals surface area contributed by atoms with Gasteiger partial charge in [0.1, 0.15) is 23.7 Å². The number of furan rings is 1. The first-order valence-electron chi connectivity index (χ1n) is 8.22. The number of guanidine groups is 1. The van der Waals surface area contributed by atoms with Gasteiger partial charge in [-0.3, -0.25) is 9.98 Å². The zero-order valence-corrected chi connectivity index (χ0v) is 14.5. The van der Waals surface area contributed by atoms with Crippen molar-refractivity contribution in [1.29, 1.82) is 0 Å². The van der Waals surface area contributed by atoms with Crippen molar-refractivity contribution in [2.24, 2.45) is 4.99 Å². The van der Waals surface area contributed by atoms with Crippen molar-refractivity contribution in [2.45, 2.75) is 13.5 Å². The van der Waals surface area contributed by atoms with Gasteiger partial charge in [-0.1, -0.05) is 18.2 Å². The summed E-state index contributed by atoms with van der Waals surface area (Å²) in [5.41, 5.74) is 2.06. The van der Waals surface area contributed by atoms with Gasteiger partial charge in [0, 0.05) is 24.2 Å². The lowest BCUT2D eigenvalue weighted by atomic mass is 10.1. The van der Waals surface area contributed by atoms with Gasteiger partial charge in [0.05, 0.1) is 19.3 Å². The summed E-state index contributed by atoms with van der Waals surface area (Å²) in [6.45, 7) is 3.80. The number of nitrogens with zero attached hydrogens (tertiary/aromatic N) is 2. The van der Waals surface area contributed by atoms with Crippen LogP contribution in [0.4, 0.5) is 0 Å². The van der Waals surface area contributed by atoms with Gasteiger partial charge >= 0.3 is 0 Å². The van der Waals surface area contributed by atoms with E-state index >= 15 is 0 Å². The van der Waals surface area contributed by atoms with Crippen LogP contribution in [-0.4, -0.2) is 31.1 Å². The minimum absolute atomic E-state index is 0.524. The number of nitrogens with one attached hydrogen (secondary N) is 2. The highest BCUT2D eigenvalue weighted by atomic mass is 16.5. The number of rotatable bonds is 6. The Kier molecular flexibility index (Phi) is 5.51. The van der Waals surface area contributed by atoms with Gasteiger partial charge in [-0.25, -0.2) is 0 Å². The van der Waals surface area contributed by atoms with Crippen molar-refractivity contribution in [3.63, 3.8) is 0 Å². The van der Waals surface area contributed by atoms with Gasteiger partial charge in [-0.2, -0.15) is 0 Å². The van der Waals surface area contributed by atoms with Gasteiger partial charge in [0.25, 0.3) is 0 Å². The van der Waals surface area contributed by atoms with E-state index in [9.17, 15) is 0 Å². The largest absolute Gasteiger partial charge is 0.490 e. The van der Waals surface area contributed by atoms with E-state index in [1.165, 1.54) is 0 Å². The average Bonchev–Trinajstić information content (AvgIpc) is 2.98. The molecule has 0 bridgehead atoms. The molecule has 2 heterocycles. The van der Waals surface area contributed by atoms with Crippen molar-refractivity contribution >= 4 is 16.9 Å². The number of benzene rings is 1. The summed E-state index contributed by atoms with van der Waals surface area (Å²) in [6, 6.07) is 11.8. The third-order valence-corrected chi connectivity index (χ3v) is 3.88. The topological polar surface area (TPSA) is 71.7 Å². The first-order valence-corrected chi connectivity index (χ1v) is 8.22. The lowest BCUT2D eigenvalue weighted by Gasteiger charge is -2.12. The summed E-state index contributed by atoms with van der Waals surface area (Å²) >= 11 is 0. The summed E-state index contributed by atoms with van der Waals surface area (Å²) in [7, 11) is 1.74. The maximum atomic E-state index is 5.90. The van der Waals surface area contributed by atoms with Crippen LogP contribution in [0.1, 0.15) is 11.3 Å². The second-order valence-corrected chi connectivity index (χ2v) is 5.54. The lowest BCUT2D eigenvalue weighted by Crippen LogP contribution is -2.38. The molecule has 2 aromatic heterocycles. The molecule has 0 radical (unpaired) electrons. The molecule has 0 unspecified atom stereocenters. The predicted octanol–water partition coefficient (Wildman–Crippen LogP) is 2.88. The van der Waals surface area contributed by atoms with Gasteiger partial charge < -0.3 is 19.8 Å². The van der Waals surface area contributed by atoms with Gasteiger partial charge in [0.2, 0.25) is 0 Å². The zero-order chi connectivity index (χ0) is 17.5. The molecule has 0 aliphatic heterocycles. The Hall–Kier alpha value is -3.02. The third-order valence-electron chi connectivity index (χ3n) is 3.88. The quantitative estimate of drug-likeness (QED) is 0.411. The molecule has 2 N–H and O–H groups in total. The number of para-hydroxylation sites is 1. The van der Waals surface area contributed by atoms with Crippen LogP contribution in [0.5, 0.6) is 5.75 Å². The smallest absolute Gasteiger partial charge is 0.191 e. The van der Waals surface area contributed by atoms with Gasteiger partial charge in [-0.05, 0) is 25.1 Å². The Morgan fingerprint density at radius 3 is 2.84 bits per heavy atom. The SMILES string of the molecule is CN=C(NCCOc1cccnc1)NCc1oc2ccccc2c1C. The highest BCUT2D eigenvalue weighted by Crippen LogP contribution is 2.24. The summed E-state index contributed by atoms with van der Waals surface area (Å²) in [4.78, 5) is 8.23. The maximum absolute atomic E-state index is 5.90. The molecule has 0 amide bonds. The molecular weight excluding hydrogens is 316 g/mol. The second-order valence-electron chi connectivity index (χ2n) is 5.54. The molecule has 0 spiro atoms. The number of pyridine rings is 1. The maximum Gasteiger partial charge on any atom is 0.191 e. The highest BCUT2D eigenvalue weighted by Gasteiger charge is 2.10. The molecule has 0 saturated carbocycles. The van der Waals surface area contributed by atoms with Crippen LogP contribution < -0.4 is 15.4 Å². The van der Waals surface area contributed by atoms with Crippen molar-refractivity contribution in [2.75, 3.05) is 20.2 Å². The number of aromatic nitrogens is 1. The molecule has 6 nitrogen and oxygen atoms in total. The summed E-state index contributed by atoms with van der Waals surface area (Å²) in [6.07, 6.45) is 3.41. The third kappa shape index (κ3) is 4.29. The van der Waals surface area contributed by atoms with E-state index in [2.05, 4.69) is 33.6 Å².